The Bertz CT molecular complexity index is 512. The Morgan fingerprint density at radius 1 is 1.20 bits per heavy atom. The van der Waals surface area contributed by atoms with Crippen molar-refractivity contribution in [2.75, 3.05) is 25.0 Å². The van der Waals surface area contributed by atoms with Gasteiger partial charge in [-0.15, -0.1) is 24.8 Å². The molecule has 1 saturated heterocycles. The second kappa shape index (κ2) is 8.32. The Balaban J connectivity index is 0.00000120. The Kier molecular flexibility index (Phi) is 7.90. The minimum Gasteiger partial charge on any atom is -0.412 e. The molecule has 0 bridgehead atoms. The summed E-state index contributed by atoms with van der Waals surface area (Å²) in [5.74, 6) is 1.26. The van der Waals surface area contributed by atoms with Gasteiger partial charge >= 0.3 is 0 Å². The highest BCUT2D eigenvalue weighted by molar-refractivity contribution is 5.85. The van der Waals surface area contributed by atoms with E-state index >= 15 is 0 Å². The number of rotatable bonds is 2. The third-order valence-corrected chi connectivity index (χ3v) is 3.63. The maximum absolute atomic E-state index is 4.33. The first-order chi connectivity index (χ1) is 8.38. The molecule has 3 heterocycles. The Hall–Kier alpha value is -1.01. The lowest BCUT2D eigenvalue weighted by Crippen LogP contribution is -2.41. The standard InChI is InChI=1S/C13H18N4.2ClH.H2O/c1-14-11-5-8-16(9-6-11)13-4-2-3-12-15-7-10-17(12)13;;;/h2-4,7,10-11,14H,5-6,8-9H2,1H3;2*1H;1H2. The predicted molar refractivity (Wildman–Crippen MR) is 87.6 cm³/mol. The number of fused-ring (bicyclic) bond motifs is 1. The summed E-state index contributed by atoms with van der Waals surface area (Å²) in [6.07, 6.45) is 6.32. The van der Waals surface area contributed by atoms with Crippen LogP contribution in [-0.4, -0.2) is 41.0 Å². The molecule has 0 unspecified atom stereocenters. The molecular formula is C13H22Cl2N4O. The molecule has 0 amide bonds. The molecule has 20 heavy (non-hydrogen) atoms. The molecule has 3 rings (SSSR count). The summed E-state index contributed by atoms with van der Waals surface area (Å²) in [6, 6.07) is 6.98. The molecule has 114 valence electrons. The third-order valence-electron chi connectivity index (χ3n) is 3.63. The van der Waals surface area contributed by atoms with Crippen molar-refractivity contribution < 1.29 is 5.48 Å². The fraction of sp³-hybridized carbons (Fsp3) is 0.462. The van der Waals surface area contributed by atoms with Crippen LogP contribution in [0.15, 0.2) is 30.6 Å². The molecule has 7 heteroatoms. The molecule has 0 saturated carbocycles. The second-order valence-electron chi connectivity index (χ2n) is 4.59. The van der Waals surface area contributed by atoms with Crippen LogP contribution in [0.4, 0.5) is 5.82 Å². The highest BCUT2D eigenvalue weighted by Gasteiger charge is 2.19. The van der Waals surface area contributed by atoms with Crippen molar-refractivity contribution in [3.05, 3.63) is 30.6 Å². The summed E-state index contributed by atoms with van der Waals surface area (Å²) in [5, 5.41) is 3.36. The van der Waals surface area contributed by atoms with Crippen molar-refractivity contribution in [3.8, 4) is 0 Å². The van der Waals surface area contributed by atoms with Gasteiger partial charge in [0.15, 0.2) is 0 Å². The molecule has 1 aliphatic rings. The van der Waals surface area contributed by atoms with Crippen LogP contribution in [0, 0.1) is 0 Å². The lowest BCUT2D eigenvalue weighted by atomic mass is 10.1. The smallest absolute Gasteiger partial charge is 0.138 e. The molecule has 0 radical (unpaired) electrons. The van der Waals surface area contributed by atoms with Crippen LogP contribution in [0.3, 0.4) is 0 Å². The lowest BCUT2D eigenvalue weighted by molar-refractivity contribution is 0.440. The number of imidazole rings is 1. The van der Waals surface area contributed by atoms with Gasteiger partial charge < -0.3 is 15.7 Å². The van der Waals surface area contributed by atoms with Crippen molar-refractivity contribution in [3.63, 3.8) is 0 Å². The predicted octanol–water partition coefficient (Wildman–Crippen LogP) is 1.54. The number of pyridine rings is 1. The molecule has 0 aliphatic carbocycles. The van der Waals surface area contributed by atoms with Gasteiger partial charge in [-0.2, -0.15) is 0 Å². The average molecular weight is 321 g/mol. The second-order valence-corrected chi connectivity index (χ2v) is 4.59. The number of hydrogen-bond donors (Lipinski definition) is 1. The fourth-order valence-electron chi connectivity index (χ4n) is 2.59. The van der Waals surface area contributed by atoms with Gasteiger partial charge in [0.25, 0.3) is 0 Å². The summed E-state index contributed by atoms with van der Waals surface area (Å²) < 4.78 is 2.17. The van der Waals surface area contributed by atoms with Gasteiger partial charge in [-0.3, -0.25) is 4.40 Å². The third kappa shape index (κ3) is 3.55. The van der Waals surface area contributed by atoms with Crippen LogP contribution in [0.5, 0.6) is 0 Å². The van der Waals surface area contributed by atoms with Gasteiger partial charge in [-0.05, 0) is 32.0 Å². The van der Waals surface area contributed by atoms with Gasteiger partial charge in [0, 0.05) is 31.5 Å². The maximum atomic E-state index is 4.33. The highest BCUT2D eigenvalue weighted by Crippen LogP contribution is 2.20. The SMILES string of the molecule is CNC1CCN(c2cccc3nccn23)CC1.Cl.Cl.O. The fourth-order valence-corrected chi connectivity index (χ4v) is 2.59. The van der Waals surface area contributed by atoms with Crippen molar-refractivity contribution in [1.29, 1.82) is 0 Å². The van der Waals surface area contributed by atoms with E-state index in [-0.39, 0.29) is 30.3 Å². The van der Waals surface area contributed by atoms with E-state index in [4.69, 9.17) is 0 Å². The molecule has 0 atom stereocenters. The monoisotopic (exact) mass is 320 g/mol. The number of halogens is 2. The highest BCUT2D eigenvalue weighted by atomic mass is 35.5. The first-order valence-corrected chi connectivity index (χ1v) is 6.23. The van der Waals surface area contributed by atoms with Crippen LogP contribution in [0.2, 0.25) is 0 Å². The molecule has 2 aromatic rings. The summed E-state index contributed by atoms with van der Waals surface area (Å²) in [6.45, 7) is 2.23. The van der Waals surface area contributed by atoms with E-state index in [1.165, 1.54) is 18.7 Å². The lowest BCUT2D eigenvalue weighted by Gasteiger charge is -2.33. The van der Waals surface area contributed by atoms with E-state index in [1.54, 1.807) is 0 Å². The van der Waals surface area contributed by atoms with Gasteiger partial charge in [0.1, 0.15) is 11.5 Å². The topological polar surface area (TPSA) is 64.1 Å². The maximum Gasteiger partial charge on any atom is 0.138 e. The molecule has 0 aromatic carbocycles. The molecule has 1 aliphatic heterocycles. The van der Waals surface area contributed by atoms with Crippen molar-refractivity contribution in [2.24, 2.45) is 0 Å². The quantitative estimate of drug-likeness (QED) is 0.912. The number of anilines is 1. The van der Waals surface area contributed by atoms with Gasteiger partial charge in [0.2, 0.25) is 0 Å². The van der Waals surface area contributed by atoms with E-state index < -0.39 is 0 Å². The van der Waals surface area contributed by atoms with Crippen LogP contribution < -0.4 is 10.2 Å². The van der Waals surface area contributed by atoms with E-state index in [0.29, 0.717) is 6.04 Å². The van der Waals surface area contributed by atoms with Crippen molar-refractivity contribution in [1.82, 2.24) is 14.7 Å². The molecule has 5 nitrogen and oxygen atoms in total. The van der Waals surface area contributed by atoms with Gasteiger partial charge in [-0.1, -0.05) is 6.07 Å². The minimum absolute atomic E-state index is 0. The first kappa shape index (κ1) is 19.0. The number of nitrogens with zero attached hydrogens (tertiary/aromatic N) is 3. The number of aromatic nitrogens is 2. The molecular weight excluding hydrogens is 299 g/mol. The normalized spacial score (nSPS) is 15.2. The number of nitrogens with one attached hydrogen (secondary N) is 1. The zero-order valence-electron chi connectivity index (χ0n) is 11.5. The Labute approximate surface area is 131 Å². The van der Waals surface area contributed by atoms with E-state index in [1.807, 2.05) is 18.5 Å². The molecule has 3 N–H and O–H groups in total. The largest absolute Gasteiger partial charge is 0.412 e. The van der Waals surface area contributed by atoms with Gasteiger partial charge in [-0.25, -0.2) is 4.98 Å². The van der Waals surface area contributed by atoms with E-state index in [0.717, 1.165) is 18.7 Å². The summed E-state index contributed by atoms with van der Waals surface area (Å²) >= 11 is 0. The van der Waals surface area contributed by atoms with Crippen molar-refractivity contribution >= 4 is 36.3 Å². The van der Waals surface area contributed by atoms with Crippen LogP contribution in [0.25, 0.3) is 5.65 Å². The van der Waals surface area contributed by atoms with Crippen LogP contribution in [-0.2, 0) is 0 Å². The van der Waals surface area contributed by atoms with Crippen LogP contribution in [0.1, 0.15) is 12.8 Å². The summed E-state index contributed by atoms with van der Waals surface area (Å²) in [5.41, 5.74) is 1.03. The Morgan fingerprint density at radius 2 is 1.90 bits per heavy atom. The van der Waals surface area contributed by atoms with E-state index in [2.05, 4.69) is 38.8 Å². The molecule has 0 spiro atoms. The summed E-state index contributed by atoms with van der Waals surface area (Å²) in [4.78, 5) is 6.78. The Morgan fingerprint density at radius 3 is 2.55 bits per heavy atom. The minimum atomic E-state index is 0. The van der Waals surface area contributed by atoms with Crippen LogP contribution >= 0.6 is 24.8 Å². The van der Waals surface area contributed by atoms with Gasteiger partial charge in [0.05, 0.1) is 0 Å². The number of hydrogen-bond acceptors (Lipinski definition) is 3. The molecule has 2 aromatic heterocycles. The zero-order valence-corrected chi connectivity index (χ0v) is 13.1. The first-order valence-electron chi connectivity index (χ1n) is 6.23. The van der Waals surface area contributed by atoms with Crippen molar-refractivity contribution in [2.45, 2.75) is 18.9 Å². The average Bonchev–Trinajstić information content (AvgIpc) is 2.87. The summed E-state index contributed by atoms with van der Waals surface area (Å²) in [7, 11) is 2.05. The zero-order chi connectivity index (χ0) is 11.7. The molecule has 1 fully saturated rings. The number of piperidine rings is 1. The van der Waals surface area contributed by atoms with E-state index in [9.17, 15) is 0 Å².